The van der Waals surface area contributed by atoms with E-state index in [1.54, 1.807) is 0 Å². The lowest BCUT2D eigenvalue weighted by Crippen LogP contribution is -2.21. The highest BCUT2D eigenvalue weighted by atomic mass is 28.3. The molecule has 1 N–H and O–H groups in total. The van der Waals surface area contributed by atoms with E-state index in [2.05, 4.69) is 65.8 Å². The topological polar surface area (TPSA) is 24.5 Å². The molecule has 0 bridgehead atoms. The molecule has 0 aromatic heterocycles. The van der Waals surface area contributed by atoms with Gasteiger partial charge in [0, 0.05) is 18.8 Å². The standard InChI is InChI=1S/C20H25N2OSi/c1-24(2)23-19-11-7-8-15-14-17(21-20(15)19)16-9-3-4-10-18(16)22-12-5-6-13-22/h3-4,7-11,17,21H,5-6,12-14H2,1-2H3. The summed E-state index contributed by atoms with van der Waals surface area (Å²) in [5.74, 6) is 1.02. The van der Waals surface area contributed by atoms with Crippen molar-refractivity contribution in [3.63, 3.8) is 0 Å². The van der Waals surface area contributed by atoms with Gasteiger partial charge in [-0.25, -0.2) is 0 Å². The van der Waals surface area contributed by atoms with Gasteiger partial charge in [0.25, 0.3) is 9.04 Å². The van der Waals surface area contributed by atoms with Crippen molar-refractivity contribution in [3.05, 3.63) is 53.6 Å². The second-order valence-corrected chi connectivity index (χ2v) is 8.98. The van der Waals surface area contributed by atoms with Crippen molar-refractivity contribution in [2.45, 2.75) is 38.4 Å². The van der Waals surface area contributed by atoms with Crippen LogP contribution in [0.3, 0.4) is 0 Å². The maximum atomic E-state index is 6.10. The van der Waals surface area contributed by atoms with E-state index in [1.165, 1.54) is 48.4 Å². The average Bonchev–Trinajstić information content (AvgIpc) is 3.24. The van der Waals surface area contributed by atoms with E-state index in [0.29, 0.717) is 6.04 Å². The van der Waals surface area contributed by atoms with Crippen LogP contribution in [0.5, 0.6) is 5.75 Å². The fourth-order valence-electron chi connectivity index (χ4n) is 3.88. The summed E-state index contributed by atoms with van der Waals surface area (Å²) in [5, 5.41) is 3.75. The molecule has 2 aliphatic rings. The zero-order valence-corrected chi connectivity index (χ0v) is 15.5. The summed E-state index contributed by atoms with van der Waals surface area (Å²) in [7, 11) is -0.758. The Labute approximate surface area is 146 Å². The highest BCUT2D eigenvalue weighted by molar-refractivity contribution is 6.49. The summed E-state index contributed by atoms with van der Waals surface area (Å²) in [6.45, 7) is 6.73. The minimum absolute atomic E-state index is 0.339. The maximum Gasteiger partial charge on any atom is 0.274 e. The number of fused-ring (bicyclic) bond motifs is 1. The molecule has 2 aromatic rings. The molecule has 0 spiro atoms. The molecule has 1 radical (unpaired) electrons. The first kappa shape index (κ1) is 15.6. The maximum absolute atomic E-state index is 6.10. The normalized spacial score (nSPS) is 19.5. The van der Waals surface area contributed by atoms with Gasteiger partial charge in [0.2, 0.25) is 0 Å². The molecule has 1 fully saturated rings. The van der Waals surface area contributed by atoms with Crippen LogP contribution in [0.4, 0.5) is 11.4 Å². The van der Waals surface area contributed by atoms with E-state index in [0.717, 1.165) is 12.2 Å². The number of nitrogens with zero attached hydrogens (tertiary/aromatic N) is 1. The Balaban J connectivity index is 1.63. The van der Waals surface area contributed by atoms with Crippen molar-refractivity contribution in [2.75, 3.05) is 23.3 Å². The fourth-order valence-corrected chi connectivity index (χ4v) is 4.49. The number of anilines is 2. The summed E-state index contributed by atoms with van der Waals surface area (Å²) in [5.41, 5.74) is 5.39. The van der Waals surface area contributed by atoms with Crippen LogP contribution < -0.4 is 14.6 Å². The average molecular weight is 338 g/mol. The molecule has 4 heteroatoms. The second-order valence-electron chi connectivity index (χ2n) is 6.95. The number of para-hydroxylation sites is 2. The highest BCUT2D eigenvalue weighted by Crippen LogP contribution is 2.43. The monoisotopic (exact) mass is 337 g/mol. The van der Waals surface area contributed by atoms with Crippen LogP contribution in [0.15, 0.2) is 42.5 Å². The van der Waals surface area contributed by atoms with E-state index in [1.807, 2.05) is 0 Å². The van der Waals surface area contributed by atoms with Gasteiger partial charge in [0.05, 0.1) is 11.7 Å². The summed E-state index contributed by atoms with van der Waals surface area (Å²) < 4.78 is 6.10. The van der Waals surface area contributed by atoms with Crippen LogP contribution in [0.2, 0.25) is 13.1 Å². The Bertz CT molecular complexity index is 725. The Morgan fingerprint density at radius 1 is 1.04 bits per heavy atom. The van der Waals surface area contributed by atoms with Crippen LogP contribution >= 0.6 is 0 Å². The van der Waals surface area contributed by atoms with Gasteiger partial charge >= 0.3 is 0 Å². The lowest BCUT2D eigenvalue weighted by molar-refractivity contribution is 0.582. The van der Waals surface area contributed by atoms with Gasteiger partial charge < -0.3 is 14.6 Å². The van der Waals surface area contributed by atoms with Crippen LogP contribution in [-0.4, -0.2) is 22.1 Å². The lowest BCUT2D eigenvalue weighted by Gasteiger charge is -2.24. The van der Waals surface area contributed by atoms with Gasteiger partial charge in [-0.15, -0.1) is 0 Å². The number of hydrogen-bond acceptors (Lipinski definition) is 3. The molecular weight excluding hydrogens is 312 g/mol. The lowest BCUT2D eigenvalue weighted by atomic mass is 10.0. The number of hydrogen-bond donors (Lipinski definition) is 1. The predicted octanol–water partition coefficient (Wildman–Crippen LogP) is 4.63. The summed E-state index contributed by atoms with van der Waals surface area (Å²) in [6.07, 6.45) is 3.65. The molecule has 1 atom stereocenters. The van der Waals surface area contributed by atoms with E-state index in [-0.39, 0.29) is 0 Å². The van der Waals surface area contributed by atoms with Crippen LogP contribution in [0, 0.1) is 0 Å². The van der Waals surface area contributed by atoms with E-state index < -0.39 is 9.04 Å². The van der Waals surface area contributed by atoms with E-state index in [4.69, 9.17) is 4.43 Å². The first-order valence-corrected chi connectivity index (χ1v) is 11.3. The van der Waals surface area contributed by atoms with Crippen LogP contribution in [0.1, 0.15) is 30.0 Å². The van der Waals surface area contributed by atoms with Crippen LogP contribution in [-0.2, 0) is 6.42 Å². The Morgan fingerprint density at radius 3 is 2.62 bits per heavy atom. The summed E-state index contributed by atoms with van der Waals surface area (Å²) >= 11 is 0. The molecule has 125 valence electrons. The molecule has 0 amide bonds. The molecule has 2 heterocycles. The number of benzene rings is 2. The minimum Gasteiger partial charge on any atom is -0.541 e. The molecule has 0 aliphatic carbocycles. The van der Waals surface area contributed by atoms with Crippen molar-refractivity contribution < 1.29 is 4.43 Å². The van der Waals surface area contributed by atoms with Crippen molar-refractivity contribution in [2.24, 2.45) is 0 Å². The summed E-state index contributed by atoms with van der Waals surface area (Å²) in [4.78, 5) is 2.54. The SMILES string of the molecule is C[Si](C)Oc1cccc2c1NC(c1ccccc1N1CCCC1)C2. The van der Waals surface area contributed by atoms with Crippen molar-refractivity contribution >= 4 is 20.4 Å². The van der Waals surface area contributed by atoms with Gasteiger partial charge in [-0.05, 0) is 55.6 Å². The molecule has 4 rings (SSSR count). The number of rotatable bonds is 4. The second kappa shape index (κ2) is 6.52. The molecule has 1 unspecified atom stereocenters. The predicted molar refractivity (Wildman–Crippen MR) is 103 cm³/mol. The third-order valence-electron chi connectivity index (χ3n) is 4.93. The van der Waals surface area contributed by atoms with Gasteiger partial charge in [-0.3, -0.25) is 0 Å². The minimum atomic E-state index is -0.758. The molecule has 3 nitrogen and oxygen atoms in total. The fraction of sp³-hybridized carbons (Fsp3) is 0.400. The van der Waals surface area contributed by atoms with E-state index >= 15 is 0 Å². The molecule has 2 aliphatic heterocycles. The van der Waals surface area contributed by atoms with Crippen molar-refractivity contribution in [1.29, 1.82) is 0 Å². The zero-order valence-electron chi connectivity index (χ0n) is 14.5. The van der Waals surface area contributed by atoms with Crippen molar-refractivity contribution in [3.8, 4) is 5.75 Å². The molecule has 0 saturated carbocycles. The first-order chi connectivity index (χ1) is 11.7. The third-order valence-corrected chi connectivity index (χ3v) is 5.56. The third kappa shape index (κ3) is 2.91. The van der Waals surface area contributed by atoms with Gasteiger partial charge in [0.15, 0.2) is 0 Å². The largest absolute Gasteiger partial charge is 0.541 e. The highest BCUT2D eigenvalue weighted by Gasteiger charge is 2.28. The van der Waals surface area contributed by atoms with Crippen molar-refractivity contribution in [1.82, 2.24) is 0 Å². The molecular formula is C20H25N2OSi. The first-order valence-electron chi connectivity index (χ1n) is 8.92. The smallest absolute Gasteiger partial charge is 0.274 e. The Hall–Kier alpha value is -1.94. The quantitative estimate of drug-likeness (QED) is 0.824. The summed E-state index contributed by atoms with van der Waals surface area (Å²) in [6, 6.07) is 15.7. The molecule has 24 heavy (non-hydrogen) atoms. The van der Waals surface area contributed by atoms with Gasteiger partial charge in [0.1, 0.15) is 5.75 Å². The molecule has 2 aromatic carbocycles. The zero-order chi connectivity index (χ0) is 16.5. The Kier molecular flexibility index (Phi) is 4.23. The van der Waals surface area contributed by atoms with Crippen LogP contribution in [0.25, 0.3) is 0 Å². The van der Waals surface area contributed by atoms with Gasteiger partial charge in [-0.1, -0.05) is 30.3 Å². The Morgan fingerprint density at radius 2 is 1.83 bits per heavy atom. The number of nitrogens with one attached hydrogen (secondary N) is 1. The van der Waals surface area contributed by atoms with E-state index in [9.17, 15) is 0 Å². The van der Waals surface area contributed by atoms with Gasteiger partial charge in [-0.2, -0.15) is 0 Å². The molecule has 1 saturated heterocycles.